The van der Waals surface area contributed by atoms with Gasteiger partial charge in [0.05, 0.1) is 5.02 Å². The molecule has 0 radical (unpaired) electrons. The highest BCUT2D eigenvalue weighted by molar-refractivity contribution is 14.1. The van der Waals surface area contributed by atoms with Crippen LogP contribution in [0, 0.1) is 9.39 Å². The highest BCUT2D eigenvalue weighted by Crippen LogP contribution is 2.49. The van der Waals surface area contributed by atoms with Crippen LogP contribution in [0.5, 0.6) is 0 Å². The van der Waals surface area contributed by atoms with E-state index >= 15 is 0 Å². The number of hydrogen-bond donors (Lipinski definition) is 2. The van der Waals surface area contributed by atoms with E-state index < -0.39 is 16.5 Å². The summed E-state index contributed by atoms with van der Waals surface area (Å²) in [6.07, 6.45) is 2.13. The summed E-state index contributed by atoms with van der Waals surface area (Å²) in [7, 11) is 0. The van der Waals surface area contributed by atoms with Gasteiger partial charge >= 0.3 is 5.97 Å². The molecule has 1 amide bonds. The van der Waals surface area contributed by atoms with Crippen LogP contribution in [0.1, 0.15) is 29.6 Å². The van der Waals surface area contributed by atoms with Crippen LogP contribution in [0.2, 0.25) is 5.02 Å². The second-order valence-corrected chi connectivity index (χ2v) is 8.98. The van der Waals surface area contributed by atoms with E-state index in [4.69, 9.17) is 11.6 Å². The Hall–Kier alpha value is -1.32. The average Bonchev–Trinajstić information content (AvgIpc) is 2.55. The molecule has 0 aliphatic heterocycles. The predicted molar refractivity (Wildman–Crippen MR) is 109 cm³/mol. The van der Waals surface area contributed by atoms with Gasteiger partial charge in [0.2, 0.25) is 0 Å². The third-order valence-electron chi connectivity index (χ3n) is 4.23. The Balaban J connectivity index is 1.81. The van der Waals surface area contributed by atoms with Gasteiger partial charge in [-0.05, 0) is 78.3 Å². The molecule has 1 aliphatic carbocycles. The number of hydrogen-bond acceptors (Lipinski definition) is 3. The van der Waals surface area contributed by atoms with Gasteiger partial charge in [-0.25, -0.2) is 4.39 Å². The molecule has 0 spiro atoms. The molecule has 2 aromatic rings. The first-order valence-electron chi connectivity index (χ1n) is 7.79. The smallest absolute Gasteiger partial charge is 0.320 e. The zero-order valence-corrected chi connectivity index (χ0v) is 17.1. The van der Waals surface area contributed by atoms with Gasteiger partial charge in [0.25, 0.3) is 5.91 Å². The first-order chi connectivity index (χ1) is 12.3. The second-order valence-electron chi connectivity index (χ2n) is 5.98. The van der Waals surface area contributed by atoms with E-state index in [1.165, 1.54) is 30.0 Å². The number of benzene rings is 2. The van der Waals surface area contributed by atoms with E-state index in [1.807, 2.05) is 0 Å². The maximum Gasteiger partial charge on any atom is 0.320 e. The molecule has 1 aliphatic rings. The molecular weight excluding hydrogens is 492 g/mol. The van der Waals surface area contributed by atoms with Crippen molar-refractivity contribution in [2.75, 3.05) is 5.32 Å². The lowest BCUT2D eigenvalue weighted by atomic mass is 9.84. The van der Waals surface area contributed by atoms with Gasteiger partial charge in [-0.15, -0.1) is 11.8 Å². The molecule has 1 saturated carbocycles. The third kappa shape index (κ3) is 3.99. The molecule has 136 valence electrons. The van der Waals surface area contributed by atoms with Crippen LogP contribution in [0.3, 0.4) is 0 Å². The molecule has 0 aromatic heterocycles. The molecule has 8 heteroatoms. The molecule has 0 unspecified atom stereocenters. The van der Waals surface area contributed by atoms with Crippen molar-refractivity contribution < 1.29 is 19.1 Å². The first-order valence-corrected chi connectivity index (χ1v) is 10.1. The lowest BCUT2D eigenvalue weighted by molar-refractivity contribution is -0.142. The number of carbonyl (C=O) groups is 2. The van der Waals surface area contributed by atoms with E-state index in [2.05, 4.69) is 27.9 Å². The minimum absolute atomic E-state index is 0.0740. The van der Waals surface area contributed by atoms with Crippen LogP contribution in [0.4, 0.5) is 10.1 Å². The Kier molecular flexibility index (Phi) is 5.78. The van der Waals surface area contributed by atoms with E-state index in [1.54, 1.807) is 18.2 Å². The molecule has 1 fully saturated rings. The number of carboxylic acid groups (broad SMARTS) is 1. The number of thioether (sulfide) groups is 1. The third-order valence-corrected chi connectivity index (χ3v) is 7.35. The fourth-order valence-electron chi connectivity index (χ4n) is 2.57. The van der Waals surface area contributed by atoms with Crippen LogP contribution in [-0.4, -0.2) is 21.7 Å². The Morgan fingerprint density at radius 2 is 1.96 bits per heavy atom. The quantitative estimate of drug-likeness (QED) is 0.532. The molecule has 26 heavy (non-hydrogen) atoms. The van der Waals surface area contributed by atoms with E-state index in [0.29, 0.717) is 24.1 Å². The van der Waals surface area contributed by atoms with Gasteiger partial charge in [0, 0.05) is 19.7 Å². The number of nitrogens with one attached hydrogen (secondary N) is 1. The van der Waals surface area contributed by atoms with Crippen molar-refractivity contribution in [3.05, 3.63) is 56.4 Å². The van der Waals surface area contributed by atoms with E-state index in [0.717, 1.165) is 14.9 Å². The Bertz CT molecular complexity index is 889. The maximum absolute atomic E-state index is 13.2. The summed E-state index contributed by atoms with van der Waals surface area (Å²) in [4.78, 5) is 24.8. The van der Waals surface area contributed by atoms with E-state index in [9.17, 15) is 19.1 Å². The predicted octanol–water partition coefficient (Wildman–Crippen LogP) is 5.44. The standard InChI is InChI=1S/C18H14ClFINO3S/c19-12-9-11(3-4-13(12)20)22-16(23)10-2-5-14(21)15(8-10)26-18(17(24)25)6-1-7-18/h2-5,8-9H,1,6-7H2,(H,22,23)(H,24,25). The summed E-state index contributed by atoms with van der Waals surface area (Å²) >= 11 is 9.16. The fourth-order valence-corrected chi connectivity index (χ4v) is 4.77. The van der Waals surface area contributed by atoms with Crippen LogP contribution in [-0.2, 0) is 4.79 Å². The van der Waals surface area contributed by atoms with Crippen molar-refractivity contribution in [3.8, 4) is 0 Å². The number of anilines is 1. The molecule has 2 N–H and O–H groups in total. The van der Waals surface area contributed by atoms with E-state index in [-0.39, 0.29) is 10.9 Å². The van der Waals surface area contributed by atoms with Crippen molar-refractivity contribution in [2.24, 2.45) is 0 Å². The number of carboxylic acids is 1. The van der Waals surface area contributed by atoms with Crippen molar-refractivity contribution in [2.45, 2.75) is 28.9 Å². The SMILES string of the molecule is O=C(Nc1ccc(F)c(Cl)c1)c1ccc(I)c(SC2(C(=O)O)CCC2)c1. The molecule has 0 bridgehead atoms. The van der Waals surface area contributed by atoms with Crippen molar-refractivity contribution in [1.29, 1.82) is 0 Å². The summed E-state index contributed by atoms with van der Waals surface area (Å²) in [6.45, 7) is 0. The van der Waals surface area contributed by atoms with Crippen molar-refractivity contribution in [1.82, 2.24) is 0 Å². The molecule has 0 heterocycles. The molecule has 0 atom stereocenters. The monoisotopic (exact) mass is 505 g/mol. The van der Waals surface area contributed by atoms with Gasteiger partial charge in [0.1, 0.15) is 10.6 Å². The van der Waals surface area contributed by atoms with Crippen LogP contribution in [0.15, 0.2) is 41.3 Å². The summed E-state index contributed by atoms with van der Waals surface area (Å²) in [5.74, 6) is -1.75. The van der Waals surface area contributed by atoms with Gasteiger partial charge < -0.3 is 10.4 Å². The average molecular weight is 506 g/mol. The Morgan fingerprint density at radius 3 is 2.54 bits per heavy atom. The van der Waals surface area contributed by atoms with Gasteiger partial charge in [-0.3, -0.25) is 9.59 Å². The maximum atomic E-state index is 13.2. The molecular formula is C18H14ClFINO3S. The lowest BCUT2D eigenvalue weighted by Gasteiger charge is -2.37. The lowest BCUT2D eigenvalue weighted by Crippen LogP contribution is -2.41. The number of amides is 1. The number of rotatable bonds is 5. The molecule has 0 saturated heterocycles. The van der Waals surface area contributed by atoms with Gasteiger partial charge in [-0.2, -0.15) is 0 Å². The fraction of sp³-hybridized carbons (Fsp3) is 0.222. The summed E-state index contributed by atoms with van der Waals surface area (Å²) in [6, 6.07) is 9.08. The van der Waals surface area contributed by atoms with Crippen LogP contribution >= 0.6 is 46.0 Å². The summed E-state index contributed by atoms with van der Waals surface area (Å²) in [5, 5.41) is 12.1. The Morgan fingerprint density at radius 1 is 1.23 bits per heavy atom. The highest BCUT2D eigenvalue weighted by atomic mass is 127. The molecule has 2 aromatic carbocycles. The van der Waals surface area contributed by atoms with Crippen LogP contribution in [0.25, 0.3) is 0 Å². The second kappa shape index (κ2) is 7.74. The van der Waals surface area contributed by atoms with Gasteiger partial charge in [0.15, 0.2) is 0 Å². The molecule has 4 nitrogen and oxygen atoms in total. The highest BCUT2D eigenvalue weighted by Gasteiger charge is 2.45. The minimum Gasteiger partial charge on any atom is -0.480 e. The zero-order chi connectivity index (χ0) is 18.9. The van der Waals surface area contributed by atoms with Crippen molar-refractivity contribution >= 4 is 63.5 Å². The number of halogens is 3. The summed E-state index contributed by atoms with van der Waals surface area (Å²) < 4.78 is 13.3. The number of carbonyl (C=O) groups excluding carboxylic acids is 1. The largest absolute Gasteiger partial charge is 0.480 e. The van der Waals surface area contributed by atoms with Crippen molar-refractivity contribution in [3.63, 3.8) is 0 Å². The van der Waals surface area contributed by atoms with Crippen LogP contribution < -0.4 is 5.32 Å². The number of aliphatic carboxylic acids is 1. The summed E-state index contributed by atoms with van der Waals surface area (Å²) in [5.41, 5.74) is 0.781. The first kappa shape index (κ1) is 19.4. The topological polar surface area (TPSA) is 66.4 Å². The normalized spacial score (nSPS) is 15.2. The molecule has 3 rings (SSSR count). The Labute approximate surface area is 172 Å². The zero-order valence-electron chi connectivity index (χ0n) is 13.4. The minimum atomic E-state index is -0.819. The van der Waals surface area contributed by atoms with Gasteiger partial charge in [-0.1, -0.05) is 11.6 Å².